The summed E-state index contributed by atoms with van der Waals surface area (Å²) in [5.41, 5.74) is 5.82. The molecule has 0 saturated heterocycles. The van der Waals surface area contributed by atoms with Crippen LogP contribution in [0.2, 0.25) is 0 Å². The first kappa shape index (κ1) is 37.7. The van der Waals surface area contributed by atoms with Gasteiger partial charge in [0.05, 0.1) is 18.2 Å². The van der Waals surface area contributed by atoms with Crippen LogP contribution in [-0.2, 0) is 33.5 Å². The molecule has 1 aliphatic rings. The van der Waals surface area contributed by atoms with Crippen LogP contribution >= 0.6 is 0 Å². The van der Waals surface area contributed by atoms with Crippen LogP contribution in [0.5, 0.6) is 0 Å². The van der Waals surface area contributed by atoms with Gasteiger partial charge in [0.1, 0.15) is 31.2 Å². The minimum absolute atomic E-state index is 0.0636. The Morgan fingerprint density at radius 1 is 1.05 bits per heavy atom. The Hall–Kier alpha value is -3.36. The maximum Gasteiger partial charge on any atom is 0.330 e. The zero-order valence-corrected chi connectivity index (χ0v) is 26.0. The molecule has 1 fully saturated rings. The van der Waals surface area contributed by atoms with E-state index in [1.54, 1.807) is 7.05 Å². The predicted molar refractivity (Wildman–Crippen MR) is 159 cm³/mol. The Labute approximate surface area is 253 Å². The molecule has 43 heavy (non-hydrogen) atoms. The van der Waals surface area contributed by atoms with Crippen molar-refractivity contribution in [1.82, 2.24) is 26.2 Å². The quantitative estimate of drug-likeness (QED) is 0.0399. The second kappa shape index (κ2) is 19.8. The van der Waals surface area contributed by atoms with Crippen LogP contribution in [0.4, 0.5) is 0 Å². The summed E-state index contributed by atoms with van der Waals surface area (Å²) in [6, 6.07) is -3.73. The van der Waals surface area contributed by atoms with Gasteiger partial charge in [-0.3, -0.25) is 19.2 Å². The minimum Gasteiger partial charge on any atom is -0.433 e. The Balaban J connectivity index is 2.73. The molecule has 4 amide bonds. The molecule has 5 atom stereocenters. The van der Waals surface area contributed by atoms with Crippen LogP contribution in [-0.4, -0.2) is 103 Å². The highest BCUT2D eigenvalue weighted by molar-refractivity contribution is 5.95. The Morgan fingerprint density at radius 2 is 1.67 bits per heavy atom. The summed E-state index contributed by atoms with van der Waals surface area (Å²) in [7, 11) is 3.16. The molecule has 1 rings (SSSR count). The average Bonchev–Trinajstić information content (AvgIpc) is 3.27. The third-order valence-electron chi connectivity index (χ3n) is 7.57. The number of carbonyl (C=O) groups is 6. The molecule has 0 spiro atoms. The molecule has 0 bridgehead atoms. The van der Waals surface area contributed by atoms with Gasteiger partial charge in [-0.05, 0) is 46.1 Å². The summed E-state index contributed by atoms with van der Waals surface area (Å²) in [6.45, 7) is 3.71. The van der Waals surface area contributed by atoms with Crippen molar-refractivity contribution >= 4 is 35.9 Å². The number of nitrogens with one attached hydrogen (secondary N) is 4. The van der Waals surface area contributed by atoms with Gasteiger partial charge >= 0.3 is 5.97 Å². The summed E-state index contributed by atoms with van der Waals surface area (Å²) in [5, 5.41) is 20.5. The van der Waals surface area contributed by atoms with Crippen LogP contribution in [0.15, 0.2) is 11.8 Å². The third kappa shape index (κ3) is 12.4. The van der Waals surface area contributed by atoms with Crippen LogP contribution in [0.3, 0.4) is 0 Å². The van der Waals surface area contributed by atoms with Crippen molar-refractivity contribution in [3.8, 4) is 0 Å². The van der Waals surface area contributed by atoms with Gasteiger partial charge in [0, 0.05) is 19.2 Å². The number of hydrogen-bond donors (Lipinski definition) is 6. The zero-order chi connectivity index (χ0) is 32.5. The smallest absolute Gasteiger partial charge is 0.330 e. The molecule has 244 valence electrons. The summed E-state index contributed by atoms with van der Waals surface area (Å²) in [5.74, 6) is -3.32. The summed E-state index contributed by atoms with van der Waals surface area (Å²) < 4.78 is 4.94. The van der Waals surface area contributed by atoms with Gasteiger partial charge in [0.2, 0.25) is 17.7 Å². The fourth-order valence-electron chi connectivity index (χ4n) is 4.97. The number of likely N-dealkylation sites (N-methyl/N-ethyl adjacent to an activating group) is 2. The number of nitrogens with zero attached hydrogens (tertiary/aromatic N) is 1. The first-order chi connectivity index (χ1) is 20.4. The monoisotopic (exact) mass is 610 g/mol. The van der Waals surface area contributed by atoms with E-state index in [-0.39, 0.29) is 23.9 Å². The number of carbonyl (C=O) groups excluding carboxylic acids is 6. The van der Waals surface area contributed by atoms with Crippen molar-refractivity contribution in [3.63, 3.8) is 0 Å². The molecular formula is C29H50N6O8. The van der Waals surface area contributed by atoms with Crippen molar-refractivity contribution in [2.45, 2.75) is 102 Å². The zero-order valence-electron chi connectivity index (χ0n) is 26.0. The molecule has 7 N–H and O–H groups in total. The van der Waals surface area contributed by atoms with Gasteiger partial charge in [-0.1, -0.05) is 39.0 Å². The maximum atomic E-state index is 13.0. The number of esters is 1. The van der Waals surface area contributed by atoms with E-state index >= 15 is 0 Å². The number of hydrogen-bond acceptors (Lipinski definition) is 10. The molecule has 0 heterocycles. The van der Waals surface area contributed by atoms with Gasteiger partial charge < -0.3 is 46.5 Å². The van der Waals surface area contributed by atoms with Crippen LogP contribution < -0.4 is 27.0 Å². The highest BCUT2D eigenvalue weighted by Gasteiger charge is 2.33. The lowest BCUT2D eigenvalue weighted by Crippen LogP contribution is -2.61. The molecule has 0 aromatic carbocycles. The van der Waals surface area contributed by atoms with E-state index in [2.05, 4.69) is 21.3 Å². The van der Waals surface area contributed by atoms with Crippen molar-refractivity contribution in [3.05, 3.63) is 11.8 Å². The van der Waals surface area contributed by atoms with E-state index in [0.717, 1.165) is 44.8 Å². The van der Waals surface area contributed by atoms with E-state index in [0.29, 0.717) is 19.1 Å². The second-order valence-corrected chi connectivity index (χ2v) is 11.0. The molecule has 1 aliphatic carbocycles. The molecule has 5 unspecified atom stereocenters. The lowest BCUT2D eigenvalue weighted by molar-refractivity contribution is -0.140. The van der Waals surface area contributed by atoms with Gasteiger partial charge in [-0.15, -0.1) is 0 Å². The van der Waals surface area contributed by atoms with Crippen LogP contribution in [0.1, 0.15) is 72.1 Å². The largest absolute Gasteiger partial charge is 0.433 e. The lowest BCUT2D eigenvalue weighted by atomic mass is 9.91. The lowest BCUT2D eigenvalue weighted by Gasteiger charge is -2.28. The normalized spacial score (nSPS) is 17.7. The molecule has 14 nitrogen and oxygen atoms in total. The fraction of sp³-hybridized carbons (Fsp3) is 0.724. The molecule has 0 radical (unpaired) electrons. The van der Waals surface area contributed by atoms with Crippen LogP contribution in [0, 0.1) is 5.92 Å². The predicted octanol–water partition coefficient (Wildman–Crippen LogP) is -0.757. The second-order valence-electron chi connectivity index (χ2n) is 11.0. The van der Waals surface area contributed by atoms with Gasteiger partial charge in [-0.25, -0.2) is 4.79 Å². The van der Waals surface area contributed by atoms with Crippen molar-refractivity contribution in [2.75, 3.05) is 27.2 Å². The van der Waals surface area contributed by atoms with E-state index in [9.17, 15) is 33.9 Å². The standard InChI is InChI=1S/C29H50N6O8/c1-6-11-21(16-36)35(5)29(42)18(2)17-43-23(38)15-32-27(40)24(19(3)37)34-26(39)22(14-30)33-28(41)25(31-4)20-12-9-7-8-10-13-20/h16-17,19-22,24-25,31,37H,6-15,30H2,1-5H3,(H,32,40)(H,33,41)(H,34,39)/b18-17-. The minimum atomic E-state index is -1.46. The van der Waals surface area contributed by atoms with E-state index in [1.165, 1.54) is 25.8 Å². The molecule has 0 aromatic rings. The molecule has 1 saturated carbocycles. The highest BCUT2D eigenvalue weighted by Crippen LogP contribution is 2.25. The first-order valence-corrected chi connectivity index (χ1v) is 14.9. The van der Waals surface area contributed by atoms with Gasteiger partial charge in [0.25, 0.3) is 5.91 Å². The SMILES string of the molecule is CCCC(C=O)N(C)C(=O)/C(C)=C\OC(=O)CNC(=O)C(NC(=O)C(CN)NC(=O)C(NC)C1CCCCCC1)C(C)O. The number of amides is 4. The van der Waals surface area contributed by atoms with Crippen molar-refractivity contribution in [2.24, 2.45) is 11.7 Å². The summed E-state index contributed by atoms with van der Waals surface area (Å²) >= 11 is 0. The average molecular weight is 611 g/mol. The van der Waals surface area contributed by atoms with Gasteiger partial charge in [-0.2, -0.15) is 0 Å². The van der Waals surface area contributed by atoms with Crippen molar-refractivity contribution in [1.29, 1.82) is 0 Å². The summed E-state index contributed by atoms with van der Waals surface area (Å²) in [6.07, 6.45) is 7.54. The van der Waals surface area contributed by atoms with Crippen molar-refractivity contribution < 1.29 is 38.6 Å². The number of rotatable bonds is 17. The number of aliphatic hydroxyl groups excluding tert-OH is 1. The summed E-state index contributed by atoms with van der Waals surface area (Å²) in [4.78, 5) is 75.9. The number of aldehydes is 1. The molecule has 14 heteroatoms. The number of aliphatic hydroxyl groups is 1. The van der Waals surface area contributed by atoms with Gasteiger partial charge in [0.15, 0.2) is 0 Å². The number of nitrogens with two attached hydrogens (primary N) is 1. The Bertz CT molecular complexity index is 980. The molecule has 0 aromatic heterocycles. The number of ether oxygens (including phenoxy) is 1. The van der Waals surface area contributed by atoms with E-state index in [1.807, 2.05) is 6.92 Å². The van der Waals surface area contributed by atoms with E-state index < -0.39 is 60.5 Å². The molecular weight excluding hydrogens is 560 g/mol. The maximum absolute atomic E-state index is 13.0. The third-order valence-corrected chi connectivity index (χ3v) is 7.57. The fourth-order valence-corrected chi connectivity index (χ4v) is 4.97. The Kier molecular flexibility index (Phi) is 17.3. The van der Waals surface area contributed by atoms with Crippen LogP contribution in [0.25, 0.3) is 0 Å². The Morgan fingerprint density at radius 3 is 2.19 bits per heavy atom. The van der Waals surface area contributed by atoms with E-state index in [4.69, 9.17) is 10.5 Å². The topological polar surface area (TPSA) is 209 Å². The first-order valence-electron chi connectivity index (χ1n) is 14.9. The molecule has 0 aliphatic heterocycles. The highest BCUT2D eigenvalue weighted by atomic mass is 16.5.